The van der Waals surface area contributed by atoms with Crippen LogP contribution in [0, 0.1) is 0 Å². The van der Waals surface area contributed by atoms with Gasteiger partial charge in [0.15, 0.2) is 0 Å². The average Bonchev–Trinajstić information content (AvgIpc) is 1.36. The van der Waals surface area contributed by atoms with E-state index in [2.05, 4.69) is 15.9 Å². The van der Waals surface area contributed by atoms with Crippen molar-refractivity contribution in [3.63, 3.8) is 0 Å². The van der Waals surface area contributed by atoms with Crippen molar-refractivity contribution in [1.29, 1.82) is 0 Å². The van der Waals surface area contributed by atoms with E-state index in [1.165, 1.54) is 0 Å². The number of carboxylic acid groups (broad SMARTS) is 1. The summed E-state index contributed by atoms with van der Waals surface area (Å²) in [6.07, 6.45) is 0. The number of hydrogen-bond donors (Lipinski definition) is 1. The maximum absolute atomic E-state index is 9.65. The van der Waals surface area contributed by atoms with Crippen LogP contribution in [-0.2, 0) is 4.79 Å². The van der Waals surface area contributed by atoms with Gasteiger partial charge in [-0.25, -0.2) is 0 Å². The Morgan fingerprint density at radius 1 is 1.86 bits per heavy atom. The fourth-order valence-corrected chi connectivity index (χ4v) is 0. The Morgan fingerprint density at radius 2 is 2.00 bits per heavy atom. The Kier molecular flexibility index (Phi) is 8.95. The third-order valence-corrected chi connectivity index (χ3v) is 0.732. The van der Waals surface area contributed by atoms with Crippen molar-refractivity contribution in [3.05, 3.63) is 0 Å². The molecule has 0 radical (unpaired) electrons. The summed E-state index contributed by atoms with van der Waals surface area (Å²) in [5, 5.41) is 7.94. The van der Waals surface area contributed by atoms with Gasteiger partial charge in [0.25, 0.3) is 0 Å². The molecular weight excluding hydrogens is 236 g/mol. The molecule has 0 fully saturated rings. The summed E-state index contributed by atoms with van der Waals surface area (Å²) in [6.45, 7) is 1.56. The minimum absolute atomic E-state index is 0. The Hall–Kier alpha value is 1.43. The number of rotatable bonds is 1. The number of alkyl halides is 1. The van der Waals surface area contributed by atoms with Crippen LogP contribution in [0.1, 0.15) is 6.92 Å². The molecule has 4 heteroatoms. The van der Waals surface area contributed by atoms with Crippen LogP contribution in [0.4, 0.5) is 0 Å². The van der Waals surface area contributed by atoms with Crippen LogP contribution in [0.15, 0.2) is 0 Å². The first-order chi connectivity index (χ1) is 2.64. The van der Waals surface area contributed by atoms with Gasteiger partial charge in [0, 0.05) is 0 Å². The van der Waals surface area contributed by atoms with Crippen LogP contribution in [0.5, 0.6) is 0 Å². The van der Waals surface area contributed by atoms with Crippen molar-refractivity contribution in [3.8, 4) is 0 Å². The second kappa shape index (κ2) is 5.57. The van der Waals surface area contributed by atoms with Crippen LogP contribution >= 0.6 is 15.9 Å². The van der Waals surface area contributed by atoms with E-state index in [-0.39, 0.29) is 45.5 Å². The molecule has 0 bridgehead atoms. The summed E-state index contributed by atoms with van der Waals surface area (Å²) in [5.41, 5.74) is 0. The molecule has 0 heterocycles. The summed E-state index contributed by atoms with van der Waals surface area (Å²) >= 11 is 2.84. The molecule has 0 aromatic rings. The van der Waals surface area contributed by atoms with E-state index >= 15 is 0 Å². The van der Waals surface area contributed by atoms with Crippen molar-refractivity contribution in [1.82, 2.24) is 0 Å². The maximum atomic E-state index is 9.65. The first-order valence-electron chi connectivity index (χ1n) is 1.51. The van der Waals surface area contributed by atoms with E-state index in [9.17, 15) is 4.79 Å². The van der Waals surface area contributed by atoms with Crippen molar-refractivity contribution >= 4 is 67.4 Å². The molecule has 0 aliphatic carbocycles. The van der Waals surface area contributed by atoms with E-state index in [4.69, 9.17) is 5.11 Å². The molecule has 0 aromatic carbocycles. The second-order valence-corrected chi connectivity index (χ2v) is 2.33. The van der Waals surface area contributed by atoms with Crippen molar-refractivity contribution < 1.29 is 9.90 Å². The zero-order chi connectivity index (χ0) is 5.15. The molecule has 1 N–H and O–H groups in total. The van der Waals surface area contributed by atoms with Crippen LogP contribution in [0.3, 0.4) is 0 Å². The fraction of sp³-hybridized carbons (Fsp3) is 0.667. The molecule has 1 unspecified atom stereocenters. The quantitative estimate of drug-likeness (QED) is 0.517. The van der Waals surface area contributed by atoms with Crippen LogP contribution in [0.2, 0.25) is 0 Å². The topological polar surface area (TPSA) is 37.3 Å². The van der Waals surface area contributed by atoms with E-state index in [1.807, 2.05) is 0 Å². The minimum atomic E-state index is -0.824. The Balaban J connectivity index is 0. The number of halogens is 1. The summed E-state index contributed by atoms with van der Waals surface area (Å²) in [7, 11) is 0. The van der Waals surface area contributed by atoms with Gasteiger partial charge in [-0.2, -0.15) is 0 Å². The van der Waals surface area contributed by atoms with Crippen molar-refractivity contribution in [2.75, 3.05) is 0 Å². The summed E-state index contributed by atoms with van der Waals surface area (Å²) < 4.78 is 0. The van der Waals surface area contributed by atoms with Gasteiger partial charge >= 0.3 is 51.5 Å². The molecule has 0 aliphatic heterocycles. The Morgan fingerprint density at radius 3 is 2.00 bits per heavy atom. The number of carbonyl (C=O) groups is 1. The molecule has 0 aliphatic rings. The van der Waals surface area contributed by atoms with E-state index in [0.29, 0.717) is 0 Å². The summed E-state index contributed by atoms with van der Waals surface area (Å²) in [5.74, 6) is -0.824. The van der Waals surface area contributed by atoms with Gasteiger partial charge in [-0.15, -0.1) is 0 Å². The number of hydrogen-bond acceptors (Lipinski definition) is 1. The molecule has 0 spiro atoms. The molecule has 0 amide bonds. The van der Waals surface area contributed by atoms with E-state index in [1.54, 1.807) is 6.92 Å². The van der Waals surface area contributed by atoms with Gasteiger partial charge in [0.2, 0.25) is 0 Å². The molecule has 0 rings (SSSR count). The second-order valence-electron chi connectivity index (χ2n) is 0.954. The molecule has 0 aromatic heterocycles. The molecule has 0 saturated carbocycles. The van der Waals surface area contributed by atoms with Crippen molar-refractivity contribution in [2.45, 2.75) is 11.8 Å². The van der Waals surface area contributed by atoms with Crippen LogP contribution < -0.4 is 0 Å². The summed E-state index contributed by atoms with van der Waals surface area (Å²) in [6, 6.07) is 0. The molecular formula is C3H7BrO2Sr. The third kappa shape index (κ3) is 7.43. The monoisotopic (exact) mass is 242 g/mol. The standard InChI is InChI=1S/C3H5BrO2.Sr.2H/c1-2(4)3(5)6;;;/h2H,1H3,(H,5,6);;;. The first kappa shape index (κ1) is 11.3. The van der Waals surface area contributed by atoms with Crippen molar-refractivity contribution in [2.24, 2.45) is 0 Å². The Bertz CT molecular complexity index is 64.0. The fourth-order valence-electron chi connectivity index (χ4n) is 0. The number of aliphatic carboxylic acids is 1. The summed E-state index contributed by atoms with van der Waals surface area (Å²) in [4.78, 5) is 9.23. The Labute approximate surface area is 87.7 Å². The van der Waals surface area contributed by atoms with Gasteiger partial charge in [0.1, 0.15) is 4.83 Å². The zero-order valence-corrected chi connectivity index (χ0v) is 4.90. The van der Waals surface area contributed by atoms with Gasteiger partial charge in [-0.1, -0.05) is 15.9 Å². The van der Waals surface area contributed by atoms with E-state index < -0.39 is 10.8 Å². The van der Waals surface area contributed by atoms with Gasteiger partial charge in [-0.3, -0.25) is 4.79 Å². The SMILES string of the molecule is CC(Br)C(=O)O.[SrH2]. The molecule has 40 valence electrons. The van der Waals surface area contributed by atoms with Gasteiger partial charge in [0.05, 0.1) is 0 Å². The molecule has 1 atom stereocenters. The predicted octanol–water partition coefficient (Wildman–Crippen LogP) is -0.0618. The van der Waals surface area contributed by atoms with Crippen LogP contribution in [-0.4, -0.2) is 61.4 Å². The van der Waals surface area contributed by atoms with E-state index in [0.717, 1.165) is 0 Å². The molecule has 0 saturated heterocycles. The van der Waals surface area contributed by atoms with Crippen LogP contribution in [0.25, 0.3) is 0 Å². The molecule has 2 nitrogen and oxygen atoms in total. The molecule has 7 heavy (non-hydrogen) atoms. The first-order valence-corrected chi connectivity index (χ1v) is 2.43. The van der Waals surface area contributed by atoms with Gasteiger partial charge in [-0.05, 0) is 6.92 Å². The predicted molar refractivity (Wildman–Crippen MR) is 34.6 cm³/mol. The zero-order valence-electron chi connectivity index (χ0n) is 3.31. The third-order valence-electron chi connectivity index (χ3n) is 0.340. The van der Waals surface area contributed by atoms with Gasteiger partial charge < -0.3 is 5.11 Å². The average molecular weight is 243 g/mol. The number of carboxylic acids is 1. The normalized spacial score (nSPS) is 11.7.